The highest BCUT2D eigenvalue weighted by Crippen LogP contribution is 2.43. The number of rotatable bonds is 2. The summed E-state index contributed by atoms with van der Waals surface area (Å²) in [6, 6.07) is 6.96. The van der Waals surface area contributed by atoms with Gasteiger partial charge in [0.25, 0.3) is 0 Å². The van der Waals surface area contributed by atoms with Crippen molar-refractivity contribution in [2.45, 2.75) is 71.1 Å². The maximum Gasteiger partial charge on any atom is 0.226 e. The molecule has 1 saturated heterocycles. The molecule has 4 atom stereocenters. The Bertz CT molecular complexity index is 690. The molecule has 0 radical (unpaired) electrons. The average Bonchev–Trinajstić information content (AvgIpc) is 2.63. The number of fused-ring (bicyclic) bond motifs is 2. The van der Waals surface area contributed by atoms with E-state index >= 15 is 0 Å². The van der Waals surface area contributed by atoms with Crippen LogP contribution in [0.1, 0.15) is 61.8 Å². The first-order valence-electron chi connectivity index (χ1n) is 10.7. The first-order chi connectivity index (χ1) is 12.9. The van der Waals surface area contributed by atoms with Gasteiger partial charge in [0, 0.05) is 12.0 Å². The Kier molecular flexibility index (Phi) is 5.30. The van der Waals surface area contributed by atoms with E-state index in [-0.39, 0.29) is 18.1 Å². The number of benzene rings is 1. The van der Waals surface area contributed by atoms with Gasteiger partial charge in [0.1, 0.15) is 6.10 Å². The van der Waals surface area contributed by atoms with Crippen molar-refractivity contribution in [3.63, 3.8) is 0 Å². The molecule has 1 aromatic rings. The summed E-state index contributed by atoms with van der Waals surface area (Å²) in [7, 11) is 0. The van der Waals surface area contributed by atoms with E-state index in [2.05, 4.69) is 43.9 Å². The van der Waals surface area contributed by atoms with Crippen LogP contribution in [0.5, 0.6) is 0 Å². The van der Waals surface area contributed by atoms with Crippen LogP contribution in [-0.4, -0.2) is 36.0 Å². The van der Waals surface area contributed by atoms with Gasteiger partial charge < -0.3 is 15.4 Å². The number of hydrogen-bond donors (Lipinski definition) is 1. The van der Waals surface area contributed by atoms with Gasteiger partial charge in [-0.1, -0.05) is 30.2 Å². The average molecular weight is 371 g/mol. The van der Waals surface area contributed by atoms with Gasteiger partial charge in [0.15, 0.2) is 0 Å². The van der Waals surface area contributed by atoms with E-state index in [0.29, 0.717) is 36.9 Å². The van der Waals surface area contributed by atoms with E-state index in [4.69, 9.17) is 10.5 Å². The van der Waals surface area contributed by atoms with Crippen molar-refractivity contribution in [3.8, 4) is 0 Å². The molecule has 4 heteroatoms. The van der Waals surface area contributed by atoms with Crippen molar-refractivity contribution < 1.29 is 9.53 Å². The fourth-order valence-electron chi connectivity index (χ4n) is 5.58. The maximum absolute atomic E-state index is 13.5. The Morgan fingerprint density at radius 3 is 2.59 bits per heavy atom. The molecule has 3 fully saturated rings. The molecule has 0 aromatic heterocycles. The smallest absolute Gasteiger partial charge is 0.226 e. The second-order valence-electron chi connectivity index (χ2n) is 9.22. The number of aryl methyl sites for hydroxylation is 2. The van der Waals surface area contributed by atoms with E-state index in [1.807, 2.05) is 0 Å². The molecule has 4 nitrogen and oxygen atoms in total. The molecule has 27 heavy (non-hydrogen) atoms. The van der Waals surface area contributed by atoms with Gasteiger partial charge in [-0.3, -0.25) is 4.79 Å². The maximum atomic E-state index is 13.5. The summed E-state index contributed by atoms with van der Waals surface area (Å²) >= 11 is 0. The minimum absolute atomic E-state index is 0.0182. The van der Waals surface area contributed by atoms with E-state index in [1.165, 1.54) is 36.0 Å². The second kappa shape index (κ2) is 7.56. The third-order valence-corrected chi connectivity index (χ3v) is 7.26. The zero-order valence-corrected chi connectivity index (χ0v) is 17.0. The summed E-state index contributed by atoms with van der Waals surface area (Å²) in [6.07, 6.45) is 5.63. The zero-order valence-electron chi connectivity index (χ0n) is 17.0. The number of hydrogen-bond acceptors (Lipinski definition) is 3. The molecule has 1 amide bonds. The van der Waals surface area contributed by atoms with Crippen LogP contribution < -0.4 is 5.73 Å². The Balaban J connectivity index is 1.50. The monoisotopic (exact) mass is 370 g/mol. The van der Waals surface area contributed by atoms with Crippen LogP contribution in [0.25, 0.3) is 0 Å². The first-order valence-corrected chi connectivity index (χ1v) is 10.7. The minimum atomic E-state index is -0.0182. The molecular formula is C23H34N2O2. The van der Waals surface area contributed by atoms with Gasteiger partial charge in [-0.25, -0.2) is 0 Å². The molecule has 2 bridgehead atoms. The zero-order chi connectivity index (χ0) is 19.1. The Labute approximate surface area is 163 Å². The van der Waals surface area contributed by atoms with Crippen molar-refractivity contribution in [2.24, 2.45) is 23.5 Å². The van der Waals surface area contributed by atoms with Gasteiger partial charge >= 0.3 is 0 Å². The topological polar surface area (TPSA) is 55.6 Å². The highest BCUT2D eigenvalue weighted by Gasteiger charge is 2.43. The first kappa shape index (κ1) is 18.9. The summed E-state index contributed by atoms with van der Waals surface area (Å²) in [6.45, 7) is 7.64. The van der Waals surface area contributed by atoms with Crippen LogP contribution in [0.3, 0.4) is 0 Å². The van der Waals surface area contributed by atoms with Crippen molar-refractivity contribution >= 4 is 5.91 Å². The van der Waals surface area contributed by atoms with Gasteiger partial charge in [-0.2, -0.15) is 0 Å². The molecule has 1 aliphatic heterocycles. The molecule has 1 heterocycles. The predicted octanol–water partition coefficient (Wildman–Crippen LogP) is 3.75. The summed E-state index contributed by atoms with van der Waals surface area (Å²) in [5.41, 5.74) is 10.1. The van der Waals surface area contributed by atoms with Crippen LogP contribution in [0.15, 0.2) is 18.2 Å². The van der Waals surface area contributed by atoms with Crippen molar-refractivity contribution in [1.29, 1.82) is 0 Å². The van der Waals surface area contributed by atoms with Crippen LogP contribution in [-0.2, 0) is 9.53 Å². The lowest BCUT2D eigenvalue weighted by atomic mass is 9.65. The lowest BCUT2D eigenvalue weighted by Crippen LogP contribution is -2.54. The van der Waals surface area contributed by atoms with E-state index in [0.717, 1.165) is 12.8 Å². The lowest BCUT2D eigenvalue weighted by Gasteiger charge is -2.46. The fraction of sp³-hybridized carbons (Fsp3) is 0.696. The molecule has 2 N–H and O–H groups in total. The molecule has 0 spiro atoms. The van der Waals surface area contributed by atoms with Crippen LogP contribution in [0.2, 0.25) is 0 Å². The van der Waals surface area contributed by atoms with Crippen molar-refractivity contribution in [3.05, 3.63) is 34.9 Å². The largest absolute Gasteiger partial charge is 0.370 e. The highest BCUT2D eigenvalue weighted by molar-refractivity contribution is 5.79. The standard InChI is InChI=1S/C23H34N2O2/c1-14-7-8-15(2)20(9-14)21-12-25(16(3)13-27-21)23(26)19-10-17-5-4-6-18(11-19)22(17)24/h7-9,16-19,21-22H,4-6,10-13,24H2,1-3H3. The normalized spacial score (nSPS) is 36.5. The van der Waals surface area contributed by atoms with Crippen molar-refractivity contribution in [1.82, 2.24) is 4.90 Å². The number of nitrogens with zero attached hydrogens (tertiary/aromatic N) is 1. The summed E-state index contributed by atoms with van der Waals surface area (Å²) in [5, 5.41) is 0. The molecule has 1 aromatic carbocycles. The van der Waals surface area contributed by atoms with Gasteiger partial charge in [-0.15, -0.1) is 0 Å². The molecule has 148 valence electrons. The van der Waals surface area contributed by atoms with E-state index in [9.17, 15) is 4.79 Å². The van der Waals surface area contributed by atoms with E-state index in [1.54, 1.807) is 0 Å². The number of morpholine rings is 1. The fourth-order valence-corrected chi connectivity index (χ4v) is 5.58. The Hall–Kier alpha value is -1.39. The predicted molar refractivity (Wildman–Crippen MR) is 107 cm³/mol. The summed E-state index contributed by atoms with van der Waals surface area (Å²) < 4.78 is 6.16. The van der Waals surface area contributed by atoms with Gasteiger partial charge in [0.2, 0.25) is 5.91 Å². The molecule has 4 unspecified atom stereocenters. The Morgan fingerprint density at radius 1 is 1.19 bits per heavy atom. The molecule has 3 aliphatic rings. The second-order valence-corrected chi connectivity index (χ2v) is 9.22. The van der Waals surface area contributed by atoms with Crippen LogP contribution in [0, 0.1) is 31.6 Å². The highest BCUT2D eigenvalue weighted by atomic mass is 16.5. The number of carbonyl (C=O) groups is 1. The number of carbonyl (C=O) groups excluding carboxylic acids is 1. The SMILES string of the molecule is Cc1ccc(C)c(C2CN(C(=O)C3CC4CCCC(C3)C4N)C(C)CO2)c1. The molecule has 2 saturated carbocycles. The van der Waals surface area contributed by atoms with Crippen LogP contribution in [0.4, 0.5) is 0 Å². The number of amides is 1. The third-order valence-electron chi connectivity index (χ3n) is 7.26. The van der Waals surface area contributed by atoms with Gasteiger partial charge in [-0.05, 0) is 69.4 Å². The van der Waals surface area contributed by atoms with E-state index < -0.39 is 0 Å². The molecular weight excluding hydrogens is 336 g/mol. The number of nitrogens with two attached hydrogens (primary N) is 1. The minimum Gasteiger partial charge on any atom is -0.370 e. The Morgan fingerprint density at radius 2 is 1.89 bits per heavy atom. The molecule has 2 aliphatic carbocycles. The van der Waals surface area contributed by atoms with Gasteiger partial charge in [0.05, 0.1) is 19.2 Å². The van der Waals surface area contributed by atoms with Crippen molar-refractivity contribution in [2.75, 3.05) is 13.2 Å². The quantitative estimate of drug-likeness (QED) is 0.863. The lowest BCUT2D eigenvalue weighted by molar-refractivity contribution is -0.151. The molecule has 4 rings (SSSR count). The van der Waals surface area contributed by atoms with Crippen LogP contribution >= 0.6 is 0 Å². The summed E-state index contributed by atoms with van der Waals surface area (Å²) in [5.74, 6) is 1.57. The third kappa shape index (κ3) is 3.66. The number of ether oxygens (including phenoxy) is 1. The summed E-state index contributed by atoms with van der Waals surface area (Å²) in [4.78, 5) is 15.6.